The second kappa shape index (κ2) is 16.8. The van der Waals surface area contributed by atoms with Crippen molar-refractivity contribution in [1.29, 1.82) is 21.0 Å². The van der Waals surface area contributed by atoms with E-state index in [1.54, 1.807) is 24.3 Å². The maximum absolute atomic E-state index is 9.72. The lowest BCUT2D eigenvalue weighted by Crippen LogP contribution is -1.96. The van der Waals surface area contributed by atoms with Crippen molar-refractivity contribution in [3.05, 3.63) is 229 Å². The molecule has 0 radical (unpaired) electrons. The quantitative estimate of drug-likeness (QED) is 0.157. The van der Waals surface area contributed by atoms with Gasteiger partial charge in [-0.1, -0.05) is 91.0 Å². The van der Waals surface area contributed by atoms with Crippen molar-refractivity contribution in [2.75, 3.05) is 0 Å². The molecule has 12 aromatic rings. The van der Waals surface area contributed by atoms with Crippen LogP contribution in [0.1, 0.15) is 22.3 Å². The van der Waals surface area contributed by atoms with Crippen LogP contribution < -0.4 is 0 Å². The fourth-order valence-electron chi connectivity index (χ4n) is 9.59. The van der Waals surface area contributed by atoms with Crippen LogP contribution >= 0.6 is 0 Å². The van der Waals surface area contributed by atoms with Crippen molar-refractivity contribution in [3.8, 4) is 91.8 Å². The first-order chi connectivity index (χ1) is 34.5. The third-order valence-corrected chi connectivity index (χ3v) is 13.1. The van der Waals surface area contributed by atoms with Gasteiger partial charge < -0.3 is 9.13 Å². The Balaban J connectivity index is 0.836. The first kappa shape index (κ1) is 41.1. The largest absolute Gasteiger partial charge is 0.309 e. The number of aromatic nitrogens is 4. The van der Waals surface area contributed by atoms with Crippen molar-refractivity contribution in [2.45, 2.75) is 0 Å². The topological polar surface area (TPSA) is 131 Å². The Labute approximate surface area is 402 Å². The molecule has 12 rings (SSSR count). The Morgan fingerprint density at radius 2 is 0.643 bits per heavy atom. The number of para-hydroxylation sites is 1. The maximum atomic E-state index is 9.72. The van der Waals surface area contributed by atoms with E-state index >= 15 is 0 Å². The predicted molar refractivity (Wildman–Crippen MR) is 277 cm³/mol. The zero-order valence-electron chi connectivity index (χ0n) is 37.2. The van der Waals surface area contributed by atoms with Gasteiger partial charge in [0.2, 0.25) is 0 Å². The molecule has 8 nitrogen and oxygen atoms in total. The Kier molecular flexibility index (Phi) is 9.86. The lowest BCUT2D eigenvalue weighted by atomic mass is 9.98. The van der Waals surface area contributed by atoms with Crippen LogP contribution in [0.25, 0.3) is 111 Å². The van der Waals surface area contributed by atoms with Gasteiger partial charge in [-0.15, -0.1) is 0 Å². The van der Waals surface area contributed by atoms with Crippen LogP contribution in [0.15, 0.2) is 206 Å². The minimum atomic E-state index is 0.546. The fourth-order valence-corrected chi connectivity index (χ4v) is 9.59. The first-order valence-electron chi connectivity index (χ1n) is 22.6. The number of hydrogen-bond acceptors (Lipinski definition) is 6. The van der Waals surface area contributed by atoms with Crippen LogP contribution in [-0.4, -0.2) is 19.1 Å². The third kappa shape index (κ3) is 7.07. The molecule has 0 spiro atoms. The fraction of sp³-hybridized carbons (Fsp3) is 0. The lowest BCUT2D eigenvalue weighted by molar-refractivity contribution is 1.16. The van der Waals surface area contributed by atoms with Gasteiger partial charge in [-0.2, -0.15) is 21.0 Å². The highest BCUT2D eigenvalue weighted by atomic mass is 15.0. The lowest BCUT2D eigenvalue weighted by Gasteiger charge is -2.12. The highest BCUT2D eigenvalue weighted by Gasteiger charge is 2.18. The van der Waals surface area contributed by atoms with Gasteiger partial charge in [0.05, 0.1) is 80.0 Å². The summed E-state index contributed by atoms with van der Waals surface area (Å²) >= 11 is 0. The second-order valence-electron chi connectivity index (χ2n) is 17.1. The molecule has 3 heterocycles. The smallest absolute Gasteiger partial charge is 0.160 e. The van der Waals surface area contributed by atoms with Crippen molar-refractivity contribution in [1.82, 2.24) is 19.1 Å². The number of nitrogens with zero attached hydrogens (tertiary/aromatic N) is 8. The molecule has 0 saturated heterocycles. The molecular formula is C62H34N8. The molecule has 0 unspecified atom stereocenters. The molecule has 9 aromatic carbocycles. The van der Waals surface area contributed by atoms with Crippen molar-refractivity contribution in [2.24, 2.45) is 0 Å². The monoisotopic (exact) mass is 890 g/mol. The zero-order chi connectivity index (χ0) is 47.3. The van der Waals surface area contributed by atoms with Gasteiger partial charge in [0.1, 0.15) is 0 Å². The maximum Gasteiger partial charge on any atom is 0.160 e. The molecule has 70 heavy (non-hydrogen) atoms. The van der Waals surface area contributed by atoms with E-state index in [1.807, 2.05) is 66.7 Å². The van der Waals surface area contributed by atoms with Gasteiger partial charge in [0.25, 0.3) is 0 Å². The van der Waals surface area contributed by atoms with Crippen molar-refractivity contribution < 1.29 is 0 Å². The SMILES string of the molecule is N#Cc1ccc(-c2cc(-c3ccc(-c4ccc(-c5ccc(-n6c7ccccc7c7cc(-n8c9ccc(C#N)cc9c9cc(C#N)ccc98)ccc76)cc5)cc4)cc3)nc(-c3ccc(C#N)cc3)n2)cc1. The number of hydrogen-bond donors (Lipinski definition) is 0. The van der Waals surface area contributed by atoms with E-state index in [0.717, 1.165) is 105 Å². The summed E-state index contributed by atoms with van der Waals surface area (Å²) in [7, 11) is 0. The van der Waals surface area contributed by atoms with Gasteiger partial charge in [-0.25, -0.2) is 9.97 Å². The van der Waals surface area contributed by atoms with E-state index in [0.29, 0.717) is 28.1 Å². The highest BCUT2D eigenvalue weighted by Crippen LogP contribution is 2.38. The minimum absolute atomic E-state index is 0.546. The first-order valence-corrected chi connectivity index (χ1v) is 22.6. The summed E-state index contributed by atoms with van der Waals surface area (Å²) in [6.07, 6.45) is 0. The minimum Gasteiger partial charge on any atom is -0.309 e. The van der Waals surface area contributed by atoms with Crippen LogP contribution in [-0.2, 0) is 0 Å². The van der Waals surface area contributed by atoms with Crippen LogP contribution in [0, 0.1) is 45.3 Å². The van der Waals surface area contributed by atoms with Gasteiger partial charge in [0, 0.05) is 49.6 Å². The van der Waals surface area contributed by atoms with Crippen molar-refractivity contribution >= 4 is 43.6 Å². The number of benzene rings is 9. The molecule has 0 atom stereocenters. The van der Waals surface area contributed by atoms with E-state index in [2.05, 4.69) is 149 Å². The average Bonchev–Trinajstić information content (AvgIpc) is 3.94. The molecule has 0 N–H and O–H groups in total. The molecule has 0 fully saturated rings. The van der Waals surface area contributed by atoms with E-state index in [9.17, 15) is 21.0 Å². The molecule has 3 aromatic heterocycles. The molecule has 0 bridgehead atoms. The van der Waals surface area contributed by atoms with Gasteiger partial charge in [-0.3, -0.25) is 0 Å². The third-order valence-electron chi connectivity index (χ3n) is 13.1. The molecular weight excluding hydrogens is 857 g/mol. The average molecular weight is 891 g/mol. The Bertz CT molecular complexity index is 4080. The summed E-state index contributed by atoms with van der Waals surface area (Å²) < 4.78 is 4.54. The molecule has 0 aliphatic rings. The molecule has 322 valence electrons. The van der Waals surface area contributed by atoms with Crippen molar-refractivity contribution in [3.63, 3.8) is 0 Å². The zero-order valence-corrected chi connectivity index (χ0v) is 37.2. The predicted octanol–water partition coefficient (Wildman–Crippen LogP) is 14.5. The molecule has 0 aliphatic heterocycles. The van der Waals surface area contributed by atoms with E-state index in [1.165, 1.54) is 0 Å². The van der Waals surface area contributed by atoms with Gasteiger partial charge in [0.15, 0.2) is 5.82 Å². The van der Waals surface area contributed by atoms with E-state index in [-0.39, 0.29) is 0 Å². The number of rotatable bonds is 7. The Hall–Kier alpha value is -10.4. The summed E-state index contributed by atoms with van der Waals surface area (Å²) in [6, 6.07) is 77.8. The summed E-state index contributed by atoms with van der Waals surface area (Å²) in [5, 5.41) is 42.3. The normalized spacial score (nSPS) is 11.1. The summed E-state index contributed by atoms with van der Waals surface area (Å²) in [5.41, 5.74) is 17.0. The summed E-state index contributed by atoms with van der Waals surface area (Å²) in [5.74, 6) is 0.546. The molecule has 0 saturated carbocycles. The van der Waals surface area contributed by atoms with Crippen LogP contribution in [0.3, 0.4) is 0 Å². The van der Waals surface area contributed by atoms with E-state index in [4.69, 9.17) is 9.97 Å². The molecule has 0 amide bonds. The van der Waals surface area contributed by atoms with Crippen LogP contribution in [0.2, 0.25) is 0 Å². The highest BCUT2D eigenvalue weighted by molar-refractivity contribution is 6.12. The number of nitriles is 4. The second-order valence-corrected chi connectivity index (χ2v) is 17.1. The Morgan fingerprint density at radius 1 is 0.286 bits per heavy atom. The van der Waals surface area contributed by atoms with Gasteiger partial charge in [-0.05, 0) is 138 Å². The van der Waals surface area contributed by atoms with E-state index < -0.39 is 0 Å². The Morgan fingerprint density at radius 3 is 1.14 bits per heavy atom. The molecule has 8 heteroatoms. The van der Waals surface area contributed by atoms with Crippen LogP contribution in [0.4, 0.5) is 0 Å². The number of fused-ring (bicyclic) bond motifs is 6. The van der Waals surface area contributed by atoms with Crippen LogP contribution in [0.5, 0.6) is 0 Å². The molecule has 0 aliphatic carbocycles. The summed E-state index contributed by atoms with van der Waals surface area (Å²) in [4.78, 5) is 9.86. The summed E-state index contributed by atoms with van der Waals surface area (Å²) in [6.45, 7) is 0. The van der Waals surface area contributed by atoms with Gasteiger partial charge >= 0.3 is 0 Å². The standard InChI is InChI=1S/C62H34N8/c63-35-39-5-11-47(12-6-39)56-34-57(68-62(67-56)49-13-7-40(36-64)8-14-49)48-21-19-45(20-22-48)43-15-17-44(18-16-43)46-23-25-50(26-24-46)69-58-4-2-1-3-52(58)55-33-51(27-30-61(55)69)70-59-28-9-41(37-65)31-53(59)54-32-42(38-66)10-29-60(54)70/h1-34H.